The average molecular weight is 207 g/mol. The zero-order chi connectivity index (χ0) is 10.6. The third kappa shape index (κ3) is 1.04. The van der Waals surface area contributed by atoms with Crippen LogP contribution in [0, 0.1) is 11.6 Å². The normalized spacial score (nSPS) is 14.9. The highest BCUT2D eigenvalue weighted by atomic mass is 19.1. The van der Waals surface area contributed by atoms with E-state index >= 15 is 0 Å². The number of Topliss-reactive ketones (excluding diaryl/α,β-unsaturated/α-hetero) is 1. The van der Waals surface area contributed by atoms with Gasteiger partial charge < -0.3 is 4.98 Å². The molecule has 1 N–H and O–H groups in total. The van der Waals surface area contributed by atoms with E-state index in [1.807, 2.05) is 0 Å². The standard InChI is InChI=1S/C11H7F2NO/c12-5-3-6-10-8(1-2-9(10)15)14-11(6)7(13)4-5/h3-4,14H,1-2H2. The van der Waals surface area contributed by atoms with Crippen LogP contribution in [0.3, 0.4) is 0 Å². The summed E-state index contributed by atoms with van der Waals surface area (Å²) in [5.41, 5.74) is 1.41. The topological polar surface area (TPSA) is 32.9 Å². The molecule has 1 aliphatic carbocycles. The minimum Gasteiger partial charge on any atom is -0.355 e. The zero-order valence-corrected chi connectivity index (χ0v) is 7.73. The number of halogens is 2. The van der Waals surface area contributed by atoms with Crippen molar-refractivity contribution in [3.63, 3.8) is 0 Å². The van der Waals surface area contributed by atoms with Gasteiger partial charge in [0.05, 0.1) is 5.52 Å². The van der Waals surface area contributed by atoms with E-state index in [1.54, 1.807) is 0 Å². The molecule has 15 heavy (non-hydrogen) atoms. The maximum absolute atomic E-state index is 13.3. The fourth-order valence-electron chi connectivity index (χ4n) is 2.14. The van der Waals surface area contributed by atoms with E-state index in [0.29, 0.717) is 23.8 Å². The lowest BCUT2D eigenvalue weighted by atomic mass is 10.1. The average Bonchev–Trinajstić information content (AvgIpc) is 2.68. The molecule has 1 aliphatic rings. The molecule has 1 aromatic heterocycles. The van der Waals surface area contributed by atoms with Gasteiger partial charge in [-0.15, -0.1) is 0 Å². The third-order valence-corrected chi connectivity index (χ3v) is 2.78. The van der Waals surface area contributed by atoms with Gasteiger partial charge in [-0.25, -0.2) is 8.78 Å². The molecule has 4 heteroatoms. The van der Waals surface area contributed by atoms with Gasteiger partial charge >= 0.3 is 0 Å². The maximum atomic E-state index is 13.3. The Labute approximate surface area is 83.9 Å². The second kappa shape index (κ2) is 2.66. The summed E-state index contributed by atoms with van der Waals surface area (Å²) in [5.74, 6) is -1.34. The van der Waals surface area contributed by atoms with Crippen LogP contribution in [0.15, 0.2) is 12.1 Å². The molecule has 0 saturated carbocycles. The Morgan fingerprint density at radius 2 is 2.00 bits per heavy atom. The summed E-state index contributed by atoms with van der Waals surface area (Å²) in [6.07, 6.45) is 1.01. The summed E-state index contributed by atoms with van der Waals surface area (Å²) < 4.78 is 26.4. The van der Waals surface area contributed by atoms with Crippen LogP contribution < -0.4 is 0 Å². The van der Waals surface area contributed by atoms with E-state index in [1.165, 1.54) is 6.07 Å². The van der Waals surface area contributed by atoms with Gasteiger partial charge in [0, 0.05) is 29.1 Å². The first-order chi connectivity index (χ1) is 7.16. The second-order valence-corrected chi connectivity index (χ2v) is 3.71. The summed E-state index contributed by atoms with van der Waals surface area (Å²) in [4.78, 5) is 14.3. The predicted molar refractivity (Wildman–Crippen MR) is 50.9 cm³/mol. The number of nitrogens with one attached hydrogen (secondary N) is 1. The molecule has 0 amide bonds. The van der Waals surface area contributed by atoms with Gasteiger partial charge in [-0.1, -0.05) is 0 Å². The largest absolute Gasteiger partial charge is 0.355 e. The van der Waals surface area contributed by atoms with E-state index in [9.17, 15) is 13.6 Å². The fourth-order valence-corrected chi connectivity index (χ4v) is 2.14. The minimum absolute atomic E-state index is 0.0405. The second-order valence-electron chi connectivity index (χ2n) is 3.71. The highest BCUT2D eigenvalue weighted by Gasteiger charge is 2.25. The van der Waals surface area contributed by atoms with E-state index in [0.717, 1.165) is 11.8 Å². The van der Waals surface area contributed by atoms with Gasteiger partial charge in [0.15, 0.2) is 5.78 Å². The molecular formula is C11H7F2NO. The molecule has 1 heterocycles. The van der Waals surface area contributed by atoms with Crippen molar-refractivity contribution in [2.24, 2.45) is 0 Å². The number of hydrogen-bond donors (Lipinski definition) is 1. The SMILES string of the molecule is O=C1CCc2[nH]c3c(F)cc(F)cc3c21. The van der Waals surface area contributed by atoms with Gasteiger partial charge in [-0.2, -0.15) is 0 Å². The van der Waals surface area contributed by atoms with Crippen molar-refractivity contribution in [1.29, 1.82) is 0 Å². The number of carbonyl (C=O) groups excluding carboxylic acids is 1. The number of rotatable bonds is 0. The Morgan fingerprint density at radius 1 is 1.20 bits per heavy atom. The first-order valence-electron chi connectivity index (χ1n) is 4.69. The molecule has 0 unspecified atom stereocenters. The van der Waals surface area contributed by atoms with Crippen LogP contribution in [0.1, 0.15) is 22.5 Å². The molecule has 2 aromatic rings. The summed E-state index contributed by atoms with van der Waals surface area (Å²) in [6, 6.07) is 2.02. The van der Waals surface area contributed by atoms with Crippen molar-refractivity contribution in [3.8, 4) is 0 Å². The number of fused-ring (bicyclic) bond motifs is 3. The molecule has 0 bridgehead atoms. The molecule has 0 aliphatic heterocycles. The van der Waals surface area contributed by atoms with Crippen molar-refractivity contribution in [1.82, 2.24) is 4.98 Å². The Kier molecular flexibility index (Phi) is 1.52. The zero-order valence-electron chi connectivity index (χ0n) is 7.73. The van der Waals surface area contributed by atoms with Crippen molar-refractivity contribution in [2.45, 2.75) is 12.8 Å². The monoisotopic (exact) mass is 207 g/mol. The number of carbonyl (C=O) groups is 1. The number of hydrogen-bond acceptors (Lipinski definition) is 1. The quantitative estimate of drug-likeness (QED) is 0.707. The van der Waals surface area contributed by atoms with Crippen LogP contribution >= 0.6 is 0 Å². The minimum atomic E-state index is -0.651. The number of aromatic nitrogens is 1. The van der Waals surface area contributed by atoms with Gasteiger partial charge in [0.2, 0.25) is 0 Å². The Hall–Kier alpha value is -1.71. The molecule has 3 rings (SSSR count). The smallest absolute Gasteiger partial charge is 0.165 e. The number of aromatic amines is 1. The Balaban J connectivity index is 2.47. The predicted octanol–water partition coefficient (Wildman–Crippen LogP) is 2.58. The van der Waals surface area contributed by atoms with Crippen molar-refractivity contribution < 1.29 is 13.6 Å². The van der Waals surface area contributed by atoms with Gasteiger partial charge in [-0.3, -0.25) is 4.79 Å². The van der Waals surface area contributed by atoms with Crippen molar-refractivity contribution in [2.75, 3.05) is 0 Å². The maximum Gasteiger partial charge on any atom is 0.165 e. The fraction of sp³-hybridized carbons (Fsp3) is 0.182. The molecule has 1 aromatic carbocycles. The number of aryl methyl sites for hydroxylation is 1. The van der Waals surface area contributed by atoms with Gasteiger partial charge in [0.25, 0.3) is 0 Å². The van der Waals surface area contributed by atoms with Crippen LogP contribution in [0.2, 0.25) is 0 Å². The van der Waals surface area contributed by atoms with Gasteiger partial charge in [0.1, 0.15) is 11.6 Å². The number of benzene rings is 1. The molecule has 0 radical (unpaired) electrons. The molecule has 0 saturated heterocycles. The van der Waals surface area contributed by atoms with Crippen LogP contribution in [-0.2, 0) is 6.42 Å². The molecule has 0 atom stereocenters. The Morgan fingerprint density at radius 3 is 2.80 bits per heavy atom. The van der Waals surface area contributed by atoms with E-state index in [2.05, 4.69) is 4.98 Å². The number of H-pyrrole nitrogens is 1. The first-order valence-corrected chi connectivity index (χ1v) is 4.69. The van der Waals surface area contributed by atoms with Crippen molar-refractivity contribution >= 4 is 16.7 Å². The highest BCUT2D eigenvalue weighted by Crippen LogP contribution is 2.31. The van der Waals surface area contributed by atoms with Crippen LogP contribution in [0.4, 0.5) is 8.78 Å². The lowest BCUT2D eigenvalue weighted by Gasteiger charge is -1.95. The summed E-state index contributed by atoms with van der Waals surface area (Å²) in [5, 5.41) is 0.366. The van der Waals surface area contributed by atoms with Crippen LogP contribution in [0.5, 0.6) is 0 Å². The van der Waals surface area contributed by atoms with Crippen LogP contribution in [-0.4, -0.2) is 10.8 Å². The Bertz CT molecular complexity index is 586. The van der Waals surface area contributed by atoms with Crippen LogP contribution in [0.25, 0.3) is 10.9 Å². The summed E-state index contributed by atoms with van der Waals surface area (Å²) in [7, 11) is 0. The number of ketones is 1. The summed E-state index contributed by atoms with van der Waals surface area (Å²) >= 11 is 0. The highest BCUT2D eigenvalue weighted by molar-refractivity contribution is 6.11. The van der Waals surface area contributed by atoms with Gasteiger partial charge in [-0.05, 0) is 12.5 Å². The lowest BCUT2D eigenvalue weighted by Crippen LogP contribution is -1.91. The lowest BCUT2D eigenvalue weighted by molar-refractivity contribution is 0.0996. The third-order valence-electron chi connectivity index (χ3n) is 2.78. The molecular weight excluding hydrogens is 200 g/mol. The summed E-state index contributed by atoms with van der Waals surface area (Å²) in [6.45, 7) is 0. The molecule has 76 valence electrons. The molecule has 0 spiro atoms. The van der Waals surface area contributed by atoms with E-state index in [4.69, 9.17) is 0 Å². The molecule has 2 nitrogen and oxygen atoms in total. The first kappa shape index (κ1) is 8.59. The molecule has 0 fully saturated rings. The van der Waals surface area contributed by atoms with E-state index < -0.39 is 11.6 Å². The van der Waals surface area contributed by atoms with Crippen molar-refractivity contribution in [3.05, 3.63) is 35.0 Å². The van der Waals surface area contributed by atoms with E-state index in [-0.39, 0.29) is 11.3 Å².